The van der Waals surface area contributed by atoms with Crippen LogP contribution in [0, 0.1) is 5.92 Å². The van der Waals surface area contributed by atoms with Gasteiger partial charge in [0.2, 0.25) is 11.7 Å². The number of hydrogen-bond acceptors (Lipinski definition) is 4. The van der Waals surface area contributed by atoms with Crippen LogP contribution in [-0.4, -0.2) is 23.9 Å². The molecule has 20 heavy (non-hydrogen) atoms. The van der Waals surface area contributed by atoms with E-state index < -0.39 is 0 Å². The number of rotatable bonds is 6. The van der Waals surface area contributed by atoms with Gasteiger partial charge in [0.25, 0.3) is 0 Å². The van der Waals surface area contributed by atoms with Crippen molar-refractivity contribution in [3.63, 3.8) is 0 Å². The van der Waals surface area contributed by atoms with Gasteiger partial charge in [0.05, 0.1) is 0 Å². The molecule has 0 saturated carbocycles. The van der Waals surface area contributed by atoms with Crippen molar-refractivity contribution in [1.29, 1.82) is 0 Å². The van der Waals surface area contributed by atoms with Crippen molar-refractivity contribution in [3.8, 4) is 11.4 Å². The first kappa shape index (κ1) is 14.7. The van der Waals surface area contributed by atoms with E-state index in [0.29, 0.717) is 30.2 Å². The molecule has 1 atom stereocenters. The predicted molar refractivity (Wildman–Crippen MR) is 78.6 cm³/mol. The van der Waals surface area contributed by atoms with E-state index in [0.717, 1.165) is 12.0 Å². The molecule has 108 valence electrons. The Labute approximate surface area is 120 Å². The summed E-state index contributed by atoms with van der Waals surface area (Å²) in [5.74, 6) is 2.22. The van der Waals surface area contributed by atoms with Crippen LogP contribution in [-0.2, 0) is 11.2 Å². The van der Waals surface area contributed by atoms with Gasteiger partial charge in [0, 0.05) is 25.7 Å². The summed E-state index contributed by atoms with van der Waals surface area (Å²) in [6, 6.07) is 8.32. The third-order valence-electron chi connectivity index (χ3n) is 3.28. The Morgan fingerprint density at radius 3 is 2.45 bits per heavy atom. The van der Waals surface area contributed by atoms with Crippen molar-refractivity contribution >= 4 is 0 Å². The van der Waals surface area contributed by atoms with Crippen molar-refractivity contribution in [2.45, 2.75) is 33.1 Å². The van der Waals surface area contributed by atoms with Crippen LogP contribution >= 0.6 is 0 Å². The molecular formula is C16H22N2O2. The summed E-state index contributed by atoms with van der Waals surface area (Å²) >= 11 is 0. The summed E-state index contributed by atoms with van der Waals surface area (Å²) in [5.41, 5.74) is 2.30. The topological polar surface area (TPSA) is 48.2 Å². The van der Waals surface area contributed by atoms with Crippen LogP contribution < -0.4 is 0 Å². The maximum absolute atomic E-state index is 5.30. The number of aromatic nitrogens is 2. The molecule has 4 nitrogen and oxygen atoms in total. The van der Waals surface area contributed by atoms with Crippen molar-refractivity contribution < 1.29 is 9.26 Å². The molecule has 0 fully saturated rings. The van der Waals surface area contributed by atoms with Gasteiger partial charge >= 0.3 is 0 Å². The molecule has 0 spiro atoms. The molecule has 0 N–H and O–H groups in total. The first-order chi connectivity index (χ1) is 9.60. The van der Waals surface area contributed by atoms with Gasteiger partial charge in [-0.1, -0.05) is 50.2 Å². The van der Waals surface area contributed by atoms with Crippen molar-refractivity contribution in [2.75, 3.05) is 13.7 Å². The normalized spacial score (nSPS) is 12.8. The van der Waals surface area contributed by atoms with Crippen molar-refractivity contribution in [2.24, 2.45) is 5.92 Å². The van der Waals surface area contributed by atoms with Crippen LogP contribution in [0.3, 0.4) is 0 Å². The molecule has 1 aromatic heterocycles. The molecule has 2 rings (SSSR count). The molecule has 0 aliphatic carbocycles. The third-order valence-corrected chi connectivity index (χ3v) is 3.28. The van der Waals surface area contributed by atoms with Gasteiger partial charge in [-0.25, -0.2) is 0 Å². The standard InChI is InChI=1S/C16H22N2O2/c1-11(2)13-5-7-14(8-6-13)16-17-15(20-18-16)9-12(3)10-19-4/h5-8,11-12H,9-10H2,1-4H3. The van der Waals surface area contributed by atoms with Crippen LogP contribution in [0.2, 0.25) is 0 Å². The average molecular weight is 274 g/mol. The van der Waals surface area contributed by atoms with Gasteiger partial charge < -0.3 is 9.26 Å². The monoisotopic (exact) mass is 274 g/mol. The average Bonchev–Trinajstić information content (AvgIpc) is 2.87. The van der Waals surface area contributed by atoms with Crippen molar-refractivity contribution in [1.82, 2.24) is 10.1 Å². The zero-order chi connectivity index (χ0) is 14.5. The molecule has 2 aromatic rings. The molecule has 1 aromatic carbocycles. The molecule has 0 radical (unpaired) electrons. The molecule has 0 amide bonds. The molecule has 0 aliphatic heterocycles. The van der Waals surface area contributed by atoms with Gasteiger partial charge in [-0.15, -0.1) is 0 Å². The quantitative estimate of drug-likeness (QED) is 0.806. The second-order valence-electron chi connectivity index (χ2n) is 5.55. The van der Waals surface area contributed by atoms with Crippen LogP contribution in [0.5, 0.6) is 0 Å². The highest BCUT2D eigenvalue weighted by Crippen LogP contribution is 2.21. The van der Waals surface area contributed by atoms with Gasteiger partial charge in [-0.2, -0.15) is 4.98 Å². The van der Waals surface area contributed by atoms with Crippen LogP contribution in [0.1, 0.15) is 38.1 Å². The summed E-state index contributed by atoms with van der Waals surface area (Å²) in [4.78, 5) is 4.44. The lowest BCUT2D eigenvalue weighted by Crippen LogP contribution is -2.07. The molecule has 1 unspecified atom stereocenters. The third kappa shape index (κ3) is 3.67. The highest BCUT2D eigenvalue weighted by Gasteiger charge is 2.12. The van der Waals surface area contributed by atoms with Gasteiger partial charge in [-0.05, 0) is 17.4 Å². The maximum Gasteiger partial charge on any atom is 0.227 e. The van der Waals surface area contributed by atoms with Crippen LogP contribution in [0.4, 0.5) is 0 Å². The fraction of sp³-hybridized carbons (Fsp3) is 0.500. The molecule has 0 saturated heterocycles. The fourth-order valence-electron chi connectivity index (χ4n) is 2.11. The second-order valence-corrected chi connectivity index (χ2v) is 5.55. The van der Waals surface area contributed by atoms with E-state index in [1.54, 1.807) is 7.11 Å². The summed E-state index contributed by atoms with van der Waals surface area (Å²) in [5, 5.41) is 4.05. The van der Waals surface area contributed by atoms with E-state index in [9.17, 15) is 0 Å². The Hall–Kier alpha value is -1.68. The lowest BCUT2D eigenvalue weighted by Gasteiger charge is -2.05. The number of ether oxygens (including phenoxy) is 1. The predicted octanol–water partition coefficient (Wildman–Crippen LogP) is 3.69. The van der Waals surface area contributed by atoms with Gasteiger partial charge in [0.1, 0.15) is 0 Å². The Morgan fingerprint density at radius 2 is 1.85 bits per heavy atom. The first-order valence-electron chi connectivity index (χ1n) is 7.02. The largest absolute Gasteiger partial charge is 0.384 e. The lowest BCUT2D eigenvalue weighted by atomic mass is 10.0. The molecule has 0 aliphatic rings. The van der Waals surface area contributed by atoms with E-state index in [2.05, 4.69) is 43.0 Å². The van der Waals surface area contributed by atoms with E-state index in [1.807, 2.05) is 12.1 Å². The Bertz CT molecular complexity index is 532. The minimum absolute atomic E-state index is 0.372. The molecule has 0 bridgehead atoms. The van der Waals surface area contributed by atoms with Crippen molar-refractivity contribution in [3.05, 3.63) is 35.7 Å². The maximum atomic E-state index is 5.30. The summed E-state index contributed by atoms with van der Waals surface area (Å²) < 4.78 is 10.4. The Balaban J connectivity index is 2.08. The highest BCUT2D eigenvalue weighted by molar-refractivity contribution is 5.54. The van der Waals surface area contributed by atoms with Crippen LogP contribution in [0.15, 0.2) is 28.8 Å². The summed E-state index contributed by atoms with van der Waals surface area (Å²) in [6.45, 7) is 7.16. The number of benzene rings is 1. The fourth-order valence-corrected chi connectivity index (χ4v) is 2.11. The van der Waals surface area contributed by atoms with E-state index in [-0.39, 0.29) is 0 Å². The zero-order valence-electron chi connectivity index (χ0n) is 12.6. The number of nitrogens with zero attached hydrogens (tertiary/aromatic N) is 2. The SMILES string of the molecule is COCC(C)Cc1nc(-c2ccc(C(C)C)cc2)no1. The van der Waals surface area contributed by atoms with E-state index >= 15 is 0 Å². The molecular weight excluding hydrogens is 252 g/mol. The highest BCUT2D eigenvalue weighted by atomic mass is 16.5. The Morgan fingerprint density at radius 1 is 1.15 bits per heavy atom. The molecule has 4 heteroatoms. The lowest BCUT2D eigenvalue weighted by molar-refractivity contribution is 0.155. The van der Waals surface area contributed by atoms with Gasteiger partial charge in [-0.3, -0.25) is 0 Å². The Kier molecular flexibility index (Phi) is 4.90. The minimum atomic E-state index is 0.372. The first-order valence-corrected chi connectivity index (χ1v) is 7.02. The number of methoxy groups -OCH3 is 1. The van der Waals surface area contributed by atoms with E-state index in [1.165, 1.54) is 5.56 Å². The summed E-state index contributed by atoms with van der Waals surface area (Å²) in [7, 11) is 1.70. The molecule has 1 heterocycles. The number of hydrogen-bond donors (Lipinski definition) is 0. The van der Waals surface area contributed by atoms with Gasteiger partial charge in [0.15, 0.2) is 0 Å². The smallest absolute Gasteiger partial charge is 0.227 e. The van der Waals surface area contributed by atoms with E-state index in [4.69, 9.17) is 9.26 Å². The van der Waals surface area contributed by atoms with Crippen LogP contribution in [0.25, 0.3) is 11.4 Å². The minimum Gasteiger partial charge on any atom is -0.384 e. The second kappa shape index (κ2) is 6.66. The zero-order valence-corrected chi connectivity index (χ0v) is 12.6. The summed E-state index contributed by atoms with van der Waals surface area (Å²) in [6.07, 6.45) is 0.741.